The topological polar surface area (TPSA) is 49.8 Å². The predicted molar refractivity (Wildman–Crippen MR) is 68.8 cm³/mol. The monoisotopic (exact) mass is 220 g/mol. The van der Waals surface area contributed by atoms with E-state index in [4.69, 9.17) is 0 Å². The molecular weight excluding hydrogens is 200 g/mol. The van der Waals surface area contributed by atoms with E-state index in [-0.39, 0.29) is 0 Å². The Hall–Kier alpha value is -1.58. The summed E-state index contributed by atoms with van der Waals surface area (Å²) in [6.07, 6.45) is 1.80. The van der Waals surface area contributed by atoms with Crippen molar-refractivity contribution in [3.8, 4) is 0 Å². The molecule has 1 heterocycles. The molecule has 4 nitrogen and oxygen atoms in total. The maximum atomic E-state index is 4.36. The summed E-state index contributed by atoms with van der Waals surface area (Å²) in [6, 6.07) is 1.92. The Morgan fingerprint density at radius 2 is 2.12 bits per heavy atom. The molecule has 16 heavy (non-hydrogen) atoms. The van der Waals surface area contributed by atoms with E-state index in [2.05, 4.69) is 41.0 Å². The highest BCUT2D eigenvalue weighted by molar-refractivity contribution is 5.42. The minimum Gasteiger partial charge on any atom is -0.366 e. The van der Waals surface area contributed by atoms with Crippen LogP contribution in [-0.4, -0.2) is 23.1 Å². The van der Waals surface area contributed by atoms with Gasteiger partial charge in [0.05, 0.1) is 0 Å². The second-order valence-electron chi connectivity index (χ2n) is 4.16. The zero-order valence-electron chi connectivity index (χ0n) is 10.2. The lowest BCUT2D eigenvalue weighted by molar-refractivity contribution is 0.684. The lowest BCUT2D eigenvalue weighted by atomic mass is 10.2. The average Bonchev–Trinajstić information content (AvgIpc) is 2.23. The number of aromatic nitrogens is 2. The van der Waals surface area contributed by atoms with E-state index in [1.807, 2.05) is 13.0 Å². The smallest absolute Gasteiger partial charge is 0.224 e. The van der Waals surface area contributed by atoms with Crippen LogP contribution in [0.2, 0.25) is 0 Å². The molecule has 0 saturated carbocycles. The van der Waals surface area contributed by atoms with Crippen molar-refractivity contribution in [3.05, 3.63) is 24.4 Å². The highest BCUT2D eigenvalue weighted by atomic mass is 15.1. The molecule has 0 spiro atoms. The van der Waals surface area contributed by atoms with Crippen molar-refractivity contribution in [3.63, 3.8) is 0 Å². The van der Waals surface area contributed by atoms with Gasteiger partial charge in [-0.2, -0.15) is 4.98 Å². The SMILES string of the molecule is C=CCNc1cc(C)nc(NCC(C)C)n1. The second-order valence-corrected chi connectivity index (χ2v) is 4.16. The number of nitrogens with zero attached hydrogens (tertiary/aromatic N) is 2. The first-order valence-electron chi connectivity index (χ1n) is 5.56. The van der Waals surface area contributed by atoms with E-state index in [1.165, 1.54) is 0 Å². The van der Waals surface area contributed by atoms with Crippen LogP contribution in [-0.2, 0) is 0 Å². The van der Waals surface area contributed by atoms with E-state index in [1.54, 1.807) is 6.08 Å². The molecule has 0 aliphatic heterocycles. The normalized spacial score (nSPS) is 10.2. The van der Waals surface area contributed by atoms with Crippen LogP contribution in [0.15, 0.2) is 18.7 Å². The van der Waals surface area contributed by atoms with Crippen LogP contribution in [0.3, 0.4) is 0 Å². The lowest BCUT2D eigenvalue weighted by Gasteiger charge is -2.10. The molecule has 0 aliphatic carbocycles. The molecule has 1 aromatic rings. The molecule has 0 aliphatic rings. The summed E-state index contributed by atoms with van der Waals surface area (Å²) in [6.45, 7) is 11.5. The van der Waals surface area contributed by atoms with Gasteiger partial charge in [-0.05, 0) is 12.8 Å². The van der Waals surface area contributed by atoms with Crippen molar-refractivity contribution >= 4 is 11.8 Å². The van der Waals surface area contributed by atoms with Crippen LogP contribution in [0.25, 0.3) is 0 Å². The zero-order valence-corrected chi connectivity index (χ0v) is 10.2. The van der Waals surface area contributed by atoms with E-state index < -0.39 is 0 Å². The summed E-state index contributed by atoms with van der Waals surface area (Å²) in [5.41, 5.74) is 0.952. The van der Waals surface area contributed by atoms with Crippen molar-refractivity contribution in [1.29, 1.82) is 0 Å². The van der Waals surface area contributed by atoms with Gasteiger partial charge in [-0.3, -0.25) is 0 Å². The molecule has 4 heteroatoms. The van der Waals surface area contributed by atoms with Crippen molar-refractivity contribution in [2.75, 3.05) is 23.7 Å². The van der Waals surface area contributed by atoms with Crippen LogP contribution in [0.4, 0.5) is 11.8 Å². The van der Waals surface area contributed by atoms with Crippen molar-refractivity contribution in [2.45, 2.75) is 20.8 Å². The molecule has 88 valence electrons. The van der Waals surface area contributed by atoms with Crippen molar-refractivity contribution in [2.24, 2.45) is 5.92 Å². The van der Waals surface area contributed by atoms with Gasteiger partial charge in [-0.25, -0.2) is 4.98 Å². The summed E-state index contributed by atoms with van der Waals surface area (Å²) in [5.74, 6) is 2.09. The summed E-state index contributed by atoms with van der Waals surface area (Å²) in [5, 5.41) is 6.37. The van der Waals surface area contributed by atoms with Gasteiger partial charge in [-0.15, -0.1) is 6.58 Å². The largest absolute Gasteiger partial charge is 0.366 e. The van der Waals surface area contributed by atoms with E-state index in [0.29, 0.717) is 18.4 Å². The molecule has 0 saturated heterocycles. The summed E-state index contributed by atoms with van der Waals surface area (Å²) in [4.78, 5) is 8.69. The van der Waals surface area contributed by atoms with Gasteiger partial charge >= 0.3 is 0 Å². The molecule has 0 unspecified atom stereocenters. The van der Waals surface area contributed by atoms with E-state index in [0.717, 1.165) is 18.1 Å². The first kappa shape index (κ1) is 12.5. The molecular formula is C12H20N4. The number of rotatable bonds is 6. The molecule has 2 N–H and O–H groups in total. The Balaban J connectivity index is 2.69. The van der Waals surface area contributed by atoms with Gasteiger partial charge in [0.15, 0.2) is 0 Å². The molecule has 1 aromatic heterocycles. The summed E-state index contributed by atoms with van der Waals surface area (Å²) >= 11 is 0. The quantitative estimate of drug-likeness (QED) is 0.723. The van der Waals surface area contributed by atoms with Gasteiger partial charge in [-0.1, -0.05) is 19.9 Å². The Bertz CT molecular complexity index is 347. The molecule has 0 radical (unpaired) electrons. The second kappa shape index (κ2) is 6.10. The zero-order chi connectivity index (χ0) is 12.0. The maximum absolute atomic E-state index is 4.36. The third kappa shape index (κ3) is 4.29. The molecule has 0 amide bonds. The van der Waals surface area contributed by atoms with E-state index >= 15 is 0 Å². The highest BCUT2D eigenvalue weighted by Gasteiger charge is 2.01. The minimum absolute atomic E-state index is 0.577. The number of nitrogens with one attached hydrogen (secondary N) is 2. The first-order valence-corrected chi connectivity index (χ1v) is 5.56. The van der Waals surface area contributed by atoms with Gasteiger partial charge in [0, 0.05) is 24.8 Å². The van der Waals surface area contributed by atoms with Gasteiger partial charge in [0.2, 0.25) is 5.95 Å². The predicted octanol–water partition coefficient (Wildman–Crippen LogP) is 2.45. The number of hydrogen-bond donors (Lipinski definition) is 2. The third-order valence-corrected chi connectivity index (χ3v) is 1.95. The number of aryl methyl sites for hydroxylation is 1. The molecule has 1 rings (SSSR count). The Kier molecular flexibility index (Phi) is 4.76. The summed E-state index contributed by atoms with van der Waals surface area (Å²) in [7, 11) is 0. The lowest BCUT2D eigenvalue weighted by Crippen LogP contribution is -2.12. The van der Waals surface area contributed by atoms with Crippen LogP contribution < -0.4 is 10.6 Å². The fourth-order valence-electron chi connectivity index (χ4n) is 1.21. The highest BCUT2D eigenvalue weighted by Crippen LogP contribution is 2.09. The fraction of sp³-hybridized carbons (Fsp3) is 0.500. The van der Waals surface area contributed by atoms with Gasteiger partial charge in [0.25, 0.3) is 0 Å². The Morgan fingerprint density at radius 1 is 1.38 bits per heavy atom. The average molecular weight is 220 g/mol. The van der Waals surface area contributed by atoms with Gasteiger partial charge in [0.1, 0.15) is 5.82 Å². The molecule has 0 bridgehead atoms. The summed E-state index contributed by atoms with van der Waals surface area (Å²) < 4.78 is 0. The standard InChI is InChI=1S/C12H20N4/c1-5-6-13-11-7-10(4)15-12(16-11)14-8-9(2)3/h5,7,9H,1,6,8H2,2-4H3,(H2,13,14,15,16). The number of hydrogen-bond acceptors (Lipinski definition) is 4. The van der Waals surface area contributed by atoms with Crippen molar-refractivity contribution < 1.29 is 0 Å². The first-order chi connectivity index (χ1) is 7.61. The van der Waals surface area contributed by atoms with Gasteiger partial charge < -0.3 is 10.6 Å². The van der Waals surface area contributed by atoms with Crippen LogP contribution in [0.1, 0.15) is 19.5 Å². The Labute approximate surface area is 97.2 Å². The third-order valence-electron chi connectivity index (χ3n) is 1.95. The number of anilines is 2. The molecule has 0 fully saturated rings. The van der Waals surface area contributed by atoms with E-state index in [9.17, 15) is 0 Å². The minimum atomic E-state index is 0.577. The molecule has 0 aromatic carbocycles. The van der Waals surface area contributed by atoms with Crippen LogP contribution >= 0.6 is 0 Å². The van der Waals surface area contributed by atoms with Crippen LogP contribution in [0.5, 0.6) is 0 Å². The fourth-order valence-corrected chi connectivity index (χ4v) is 1.21. The Morgan fingerprint density at radius 3 is 2.75 bits per heavy atom. The molecule has 0 atom stereocenters. The van der Waals surface area contributed by atoms with Crippen molar-refractivity contribution in [1.82, 2.24) is 9.97 Å². The maximum Gasteiger partial charge on any atom is 0.224 e. The van der Waals surface area contributed by atoms with Crippen LogP contribution in [0, 0.1) is 12.8 Å².